The van der Waals surface area contributed by atoms with Crippen LogP contribution in [0, 0.1) is 5.92 Å². The minimum absolute atomic E-state index is 0.0837. The van der Waals surface area contributed by atoms with Crippen LogP contribution in [0.25, 0.3) is 0 Å². The average Bonchev–Trinajstić information content (AvgIpc) is 2.42. The Morgan fingerprint density at radius 1 is 1.43 bits per heavy atom. The molecule has 2 fully saturated rings. The van der Waals surface area contributed by atoms with Crippen molar-refractivity contribution in [3.63, 3.8) is 0 Å². The van der Waals surface area contributed by atoms with Gasteiger partial charge in [-0.3, -0.25) is 4.90 Å². The molecule has 3 atom stereocenters. The summed E-state index contributed by atoms with van der Waals surface area (Å²) >= 11 is 0. The van der Waals surface area contributed by atoms with Crippen LogP contribution in [-0.2, 0) is 0 Å². The number of rotatable bonds is 2. The number of nitrogens with one attached hydrogen (secondary N) is 1. The molecular formula is C11H22N2O. The third kappa shape index (κ3) is 2.27. The first-order valence-electron chi connectivity index (χ1n) is 5.80. The van der Waals surface area contributed by atoms with Gasteiger partial charge in [-0.1, -0.05) is 13.8 Å². The second-order valence-corrected chi connectivity index (χ2v) is 5.23. The quantitative estimate of drug-likeness (QED) is 0.676. The molecule has 2 aliphatic rings. The Morgan fingerprint density at radius 2 is 2.21 bits per heavy atom. The molecular weight excluding hydrogens is 176 g/mol. The Hall–Kier alpha value is -0.120. The molecule has 14 heavy (non-hydrogen) atoms. The summed E-state index contributed by atoms with van der Waals surface area (Å²) < 4.78 is 0. The van der Waals surface area contributed by atoms with Gasteiger partial charge in [-0.05, 0) is 18.8 Å². The highest BCUT2D eigenvalue weighted by atomic mass is 16.3. The van der Waals surface area contributed by atoms with Crippen molar-refractivity contribution in [3.05, 3.63) is 0 Å². The number of hydrogen-bond donors (Lipinski definition) is 2. The van der Waals surface area contributed by atoms with Crippen molar-refractivity contribution >= 4 is 0 Å². The first kappa shape index (κ1) is 10.4. The van der Waals surface area contributed by atoms with E-state index in [0.717, 1.165) is 32.0 Å². The molecule has 2 saturated heterocycles. The molecule has 0 unspecified atom stereocenters. The van der Waals surface area contributed by atoms with Crippen molar-refractivity contribution in [2.45, 2.75) is 44.9 Å². The summed E-state index contributed by atoms with van der Waals surface area (Å²) in [7, 11) is 0. The summed E-state index contributed by atoms with van der Waals surface area (Å²) in [5.74, 6) is 0.761. The molecule has 82 valence electrons. The largest absolute Gasteiger partial charge is 0.392 e. The Labute approximate surface area is 86.5 Å². The van der Waals surface area contributed by atoms with Gasteiger partial charge in [0.05, 0.1) is 6.10 Å². The normalized spacial score (nSPS) is 39.0. The third-order valence-electron chi connectivity index (χ3n) is 3.36. The number of piperazine rings is 1. The van der Waals surface area contributed by atoms with E-state index in [4.69, 9.17) is 0 Å². The van der Waals surface area contributed by atoms with Crippen LogP contribution in [-0.4, -0.2) is 47.8 Å². The molecule has 0 radical (unpaired) electrons. The highest BCUT2D eigenvalue weighted by Crippen LogP contribution is 2.22. The van der Waals surface area contributed by atoms with Gasteiger partial charge in [-0.25, -0.2) is 0 Å². The van der Waals surface area contributed by atoms with Crippen LogP contribution in [0.4, 0.5) is 0 Å². The maximum Gasteiger partial charge on any atom is 0.0682 e. The SMILES string of the molecule is CC(C)C[C@@H]1CN2C[C@H](O)C[C@H]2CN1. The molecule has 0 aromatic heterocycles. The lowest BCUT2D eigenvalue weighted by Crippen LogP contribution is -2.54. The molecule has 0 bridgehead atoms. The van der Waals surface area contributed by atoms with E-state index < -0.39 is 0 Å². The van der Waals surface area contributed by atoms with Crippen LogP contribution in [0.3, 0.4) is 0 Å². The van der Waals surface area contributed by atoms with Crippen molar-refractivity contribution in [1.29, 1.82) is 0 Å². The lowest BCUT2D eigenvalue weighted by atomic mass is 10.0. The van der Waals surface area contributed by atoms with Crippen LogP contribution >= 0.6 is 0 Å². The zero-order valence-electron chi connectivity index (χ0n) is 9.24. The van der Waals surface area contributed by atoms with Crippen LogP contribution in [0.2, 0.25) is 0 Å². The van der Waals surface area contributed by atoms with Crippen LogP contribution < -0.4 is 5.32 Å². The second-order valence-electron chi connectivity index (χ2n) is 5.23. The van der Waals surface area contributed by atoms with Gasteiger partial charge in [-0.15, -0.1) is 0 Å². The topological polar surface area (TPSA) is 35.5 Å². The maximum atomic E-state index is 9.56. The van der Waals surface area contributed by atoms with E-state index in [-0.39, 0.29) is 6.10 Å². The molecule has 0 aromatic rings. The standard InChI is InChI=1S/C11H22N2O/c1-8(2)3-9-6-13-7-11(14)4-10(13)5-12-9/h8-12,14H,3-7H2,1-2H3/t9-,10+,11-/m1/s1. The number of hydrogen-bond acceptors (Lipinski definition) is 3. The summed E-state index contributed by atoms with van der Waals surface area (Å²) in [5.41, 5.74) is 0. The van der Waals surface area contributed by atoms with Gasteiger partial charge in [0.1, 0.15) is 0 Å². The van der Waals surface area contributed by atoms with Gasteiger partial charge in [-0.2, -0.15) is 0 Å². The Kier molecular flexibility index (Phi) is 3.10. The highest BCUT2D eigenvalue weighted by Gasteiger charge is 2.35. The van der Waals surface area contributed by atoms with E-state index in [1.165, 1.54) is 6.42 Å². The predicted molar refractivity (Wildman–Crippen MR) is 57.2 cm³/mol. The number of aliphatic hydroxyl groups excluding tert-OH is 1. The smallest absolute Gasteiger partial charge is 0.0682 e. The van der Waals surface area contributed by atoms with Gasteiger partial charge in [0.25, 0.3) is 0 Å². The van der Waals surface area contributed by atoms with E-state index in [1.807, 2.05) is 0 Å². The predicted octanol–water partition coefficient (Wildman–Crippen LogP) is 0.439. The lowest BCUT2D eigenvalue weighted by molar-refractivity contribution is 0.146. The van der Waals surface area contributed by atoms with Crippen molar-refractivity contribution in [3.8, 4) is 0 Å². The minimum Gasteiger partial charge on any atom is -0.392 e. The third-order valence-corrected chi connectivity index (χ3v) is 3.36. The first-order valence-corrected chi connectivity index (χ1v) is 5.80. The fraction of sp³-hybridized carbons (Fsp3) is 1.00. The fourth-order valence-corrected chi connectivity index (χ4v) is 2.77. The second kappa shape index (κ2) is 4.17. The molecule has 0 saturated carbocycles. The number of fused-ring (bicyclic) bond motifs is 1. The van der Waals surface area contributed by atoms with Crippen molar-refractivity contribution < 1.29 is 5.11 Å². The van der Waals surface area contributed by atoms with Crippen LogP contribution in [0.15, 0.2) is 0 Å². The average molecular weight is 198 g/mol. The molecule has 0 aromatic carbocycles. The van der Waals surface area contributed by atoms with Crippen LogP contribution in [0.5, 0.6) is 0 Å². The van der Waals surface area contributed by atoms with E-state index in [0.29, 0.717) is 12.1 Å². The van der Waals surface area contributed by atoms with Crippen molar-refractivity contribution in [2.75, 3.05) is 19.6 Å². The molecule has 0 spiro atoms. The molecule has 0 aliphatic carbocycles. The zero-order valence-corrected chi connectivity index (χ0v) is 9.24. The molecule has 2 aliphatic heterocycles. The number of nitrogens with zero attached hydrogens (tertiary/aromatic N) is 1. The fourth-order valence-electron chi connectivity index (χ4n) is 2.77. The van der Waals surface area contributed by atoms with E-state index in [9.17, 15) is 5.11 Å². The van der Waals surface area contributed by atoms with Gasteiger partial charge < -0.3 is 10.4 Å². The first-order chi connectivity index (χ1) is 6.65. The molecule has 3 heteroatoms. The van der Waals surface area contributed by atoms with Crippen molar-refractivity contribution in [1.82, 2.24) is 10.2 Å². The van der Waals surface area contributed by atoms with Gasteiger partial charge in [0, 0.05) is 31.7 Å². The Morgan fingerprint density at radius 3 is 2.93 bits per heavy atom. The molecule has 2 N–H and O–H groups in total. The Bertz CT molecular complexity index is 196. The monoisotopic (exact) mass is 198 g/mol. The van der Waals surface area contributed by atoms with Gasteiger partial charge in [0.2, 0.25) is 0 Å². The summed E-state index contributed by atoms with van der Waals surface area (Å²) in [5, 5.41) is 13.1. The molecule has 2 rings (SSSR count). The van der Waals surface area contributed by atoms with Crippen LogP contribution in [0.1, 0.15) is 26.7 Å². The number of aliphatic hydroxyl groups is 1. The minimum atomic E-state index is -0.0837. The van der Waals surface area contributed by atoms with Crippen molar-refractivity contribution in [2.24, 2.45) is 5.92 Å². The molecule has 3 nitrogen and oxygen atoms in total. The van der Waals surface area contributed by atoms with Gasteiger partial charge >= 0.3 is 0 Å². The Balaban J connectivity index is 1.85. The van der Waals surface area contributed by atoms with Gasteiger partial charge in [0.15, 0.2) is 0 Å². The lowest BCUT2D eigenvalue weighted by Gasteiger charge is -2.36. The highest BCUT2D eigenvalue weighted by molar-refractivity contribution is 4.93. The van der Waals surface area contributed by atoms with E-state index >= 15 is 0 Å². The van der Waals surface area contributed by atoms with E-state index in [1.54, 1.807) is 0 Å². The summed E-state index contributed by atoms with van der Waals surface area (Å²) in [6, 6.07) is 1.23. The summed E-state index contributed by atoms with van der Waals surface area (Å²) in [6.45, 7) is 7.62. The maximum absolute atomic E-state index is 9.56. The molecule has 0 amide bonds. The molecule has 2 heterocycles. The zero-order chi connectivity index (χ0) is 10.1. The summed E-state index contributed by atoms with van der Waals surface area (Å²) in [6.07, 6.45) is 2.13. The van der Waals surface area contributed by atoms with E-state index in [2.05, 4.69) is 24.1 Å². The summed E-state index contributed by atoms with van der Waals surface area (Å²) in [4.78, 5) is 2.45.